The topological polar surface area (TPSA) is 129 Å². The molecule has 35 heavy (non-hydrogen) atoms. The molecule has 5 rings (SSSR count). The van der Waals surface area contributed by atoms with E-state index in [4.69, 9.17) is 13.8 Å². The van der Waals surface area contributed by atoms with Gasteiger partial charge < -0.3 is 13.8 Å². The number of aromatic nitrogens is 2. The molecule has 1 N–H and O–H groups in total. The Morgan fingerprint density at radius 1 is 1.26 bits per heavy atom. The van der Waals surface area contributed by atoms with Gasteiger partial charge in [-0.15, -0.1) is 0 Å². The van der Waals surface area contributed by atoms with Crippen LogP contribution >= 0.6 is 8.53 Å². The molecular weight excluding hydrogens is 475 g/mol. The number of aryl methyl sites for hydroxylation is 1. The lowest BCUT2D eigenvalue weighted by molar-refractivity contribution is -0.384. The van der Waals surface area contributed by atoms with Gasteiger partial charge in [-0.25, -0.2) is 9.46 Å². The lowest BCUT2D eigenvalue weighted by Crippen LogP contribution is -2.33. The highest BCUT2D eigenvalue weighted by Gasteiger charge is 2.49. The van der Waals surface area contributed by atoms with Crippen LogP contribution in [0.2, 0.25) is 0 Å². The Morgan fingerprint density at radius 3 is 2.74 bits per heavy atom. The van der Waals surface area contributed by atoms with Gasteiger partial charge in [0.25, 0.3) is 19.8 Å². The number of H-pyrrole nitrogens is 1. The number of nitrogens with zero attached hydrogens (tertiary/aromatic N) is 3. The van der Waals surface area contributed by atoms with E-state index >= 15 is 0 Å². The zero-order chi connectivity index (χ0) is 24.7. The van der Waals surface area contributed by atoms with Crippen molar-refractivity contribution in [3.8, 4) is 0 Å². The Balaban J connectivity index is 1.28. The summed E-state index contributed by atoms with van der Waals surface area (Å²) in [5, 5.41) is 10.9. The van der Waals surface area contributed by atoms with Crippen LogP contribution < -0.4 is 11.2 Å². The second kappa shape index (κ2) is 9.91. The molecule has 0 spiro atoms. The van der Waals surface area contributed by atoms with Crippen LogP contribution in [0.5, 0.6) is 0 Å². The van der Waals surface area contributed by atoms with Crippen LogP contribution in [-0.4, -0.2) is 50.0 Å². The summed E-state index contributed by atoms with van der Waals surface area (Å²) in [4.78, 5) is 37.0. The first-order valence-electron chi connectivity index (χ1n) is 11.9. The van der Waals surface area contributed by atoms with E-state index in [2.05, 4.69) is 9.65 Å². The maximum atomic E-state index is 12.4. The molecule has 3 saturated heterocycles. The van der Waals surface area contributed by atoms with Crippen molar-refractivity contribution < 1.29 is 18.7 Å². The van der Waals surface area contributed by atoms with Crippen LogP contribution in [0, 0.1) is 17.0 Å². The minimum atomic E-state index is -1.29. The summed E-state index contributed by atoms with van der Waals surface area (Å²) in [5.74, 6) is 0. The molecule has 3 aliphatic rings. The lowest BCUT2D eigenvalue weighted by Gasteiger charge is -2.25. The summed E-state index contributed by atoms with van der Waals surface area (Å²) in [5.41, 5.74) is 0.626. The summed E-state index contributed by atoms with van der Waals surface area (Å²) in [7, 11) is -1.29. The van der Waals surface area contributed by atoms with E-state index in [9.17, 15) is 19.7 Å². The number of hydrogen-bond acceptors (Lipinski definition) is 8. The Kier molecular flexibility index (Phi) is 6.87. The highest BCUT2D eigenvalue weighted by molar-refractivity contribution is 7.45. The molecule has 1 aromatic carbocycles. The molecular formula is C23H29N4O7P. The van der Waals surface area contributed by atoms with E-state index in [1.165, 1.54) is 22.9 Å². The molecule has 6 atom stereocenters. The first-order chi connectivity index (χ1) is 16.8. The van der Waals surface area contributed by atoms with Gasteiger partial charge in [0.15, 0.2) is 0 Å². The first kappa shape index (κ1) is 24.3. The number of hydrogen-bond donors (Lipinski definition) is 1. The molecule has 188 valence electrons. The van der Waals surface area contributed by atoms with E-state index in [0.29, 0.717) is 18.4 Å². The molecule has 4 heterocycles. The van der Waals surface area contributed by atoms with Gasteiger partial charge in [0, 0.05) is 49.3 Å². The van der Waals surface area contributed by atoms with Crippen molar-refractivity contribution in [3.05, 3.63) is 72.5 Å². The fourth-order valence-corrected chi connectivity index (χ4v) is 7.11. The number of nitro benzene ring substituents is 1. The molecule has 3 aliphatic heterocycles. The summed E-state index contributed by atoms with van der Waals surface area (Å²) < 4.78 is 22.8. The fourth-order valence-electron chi connectivity index (χ4n) is 5.11. The molecule has 0 aliphatic carbocycles. The molecule has 0 radical (unpaired) electrons. The van der Waals surface area contributed by atoms with Crippen molar-refractivity contribution in [1.82, 2.24) is 14.2 Å². The van der Waals surface area contributed by atoms with Gasteiger partial charge in [0.2, 0.25) is 0 Å². The van der Waals surface area contributed by atoms with Crippen molar-refractivity contribution in [1.29, 1.82) is 0 Å². The molecule has 3 fully saturated rings. The SMILES string of the molecule is CC[C@H]1O[C@@H](n2cc(C)c(=O)[nH]c2=O)C[C@H]1O[P@@]1O[C@H](Cc2ccc([N+](=O)[O-])cc2)[C@@H]2CCCN21. The average molecular weight is 504 g/mol. The van der Waals surface area contributed by atoms with Gasteiger partial charge in [-0.05, 0) is 31.7 Å². The van der Waals surface area contributed by atoms with Gasteiger partial charge in [-0.2, -0.15) is 0 Å². The first-order valence-corrected chi connectivity index (χ1v) is 13.1. The highest BCUT2D eigenvalue weighted by Crippen LogP contribution is 2.58. The van der Waals surface area contributed by atoms with Gasteiger partial charge in [0.1, 0.15) is 6.23 Å². The Hall–Kier alpha value is -2.43. The molecule has 0 unspecified atom stereocenters. The average Bonchev–Trinajstić information content (AvgIpc) is 3.54. The molecule has 11 nitrogen and oxygen atoms in total. The molecule has 2 aromatic rings. The monoisotopic (exact) mass is 504 g/mol. The number of benzene rings is 1. The Morgan fingerprint density at radius 2 is 2.03 bits per heavy atom. The van der Waals surface area contributed by atoms with Gasteiger partial charge in [-0.3, -0.25) is 24.5 Å². The largest absolute Gasteiger partial charge is 0.352 e. The van der Waals surface area contributed by atoms with Gasteiger partial charge >= 0.3 is 5.69 Å². The van der Waals surface area contributed by atoms with E-state index in [0.717, 1.165) is 31.4 Å². The normalized spacial score (nSPS) is 30.6. The predicted molar refractivity (Wildman–Crippen MR) is 128 cm³/mol. The minimum absolute atomic E-state index is 0.0484. The van der Waals surface area contributed by atoms with E-state index in [1.807, 2.05) is 6.92 Å². The molecule has 12 heteroatoms. The maximum absolute atomic E-state index is 12.4. The number of ether oxygens (including phenoxy) is 1. The number of rotatable bonds is 7. The van der Waals surface area contributed by atoms with Crippen LogP contribution in [0.15, 0.2) is 40.1 Å². The van der Waals surface area contributed by atoms with Crippen molar-refractivity contribution in [3.63, 3.8) is 0 Å². The standard InChI is InChI=1S/C23H29N4O7P/c1-3-18-20(12-21(32-18)25-13-14(2)22(28)24-23(25)29)34-35-26-10-4-5-17(26)19(33-35)11-15-6-8-16(9-7-15)27(30)31/h6-9,13,17-21H,3-5,10-12H2,1-2H3,(H,24,28,29)/t17-,18+,19+,20+,21+,35+/m0/s1. The van der Waals surface area contributed by atoms with Crippen LogP contribution in [0.4, 0.5) is 5.69 Å². The Bertz CT molecular complexity index is 1200. The van der Waals surface area contributed by atoms with Crippen molar-refractivity contribution in [2.75, 3.05) is 6.54 Å². The molecule has 0 amide bonds. The van der Waals surface area contributed by atoms with Gasteiger partial charge in [0.05, 0.1) is 23.2 Å². The number of non-ortho nitro benzene ring substituents is 1. The van der Waals surface area contributed by atoms with Crippen molar-refractivity contribution >= 4 is 14.2 Å². The zero-order valence-electron chi connectivity index (χ0n) is 19.7. The lowest BCUT2D eigenvalue weighted by atomic mass is 10.0. The molecule has 1 aromatic heterocycles. The van der Waals surface area contributed by atoms with Crippen LogP contribution in [0.1, 0.15) is 50.0 Å². The van der Waals surface area contributed by atoms with E-state index in [-0.39, 0.29) is 30.0 Å². The summed E-state index contributed by atoms with van der Waals surface area (Å²) in [6.45, 7) is 4.58. The second-order valence-corrected chi connectivity index (χ2v) is 10.7. The van der Waals surface area contributed by atoms with Crippen molar-refractivity contribution in [2.24, 2.45) is 0 Å². The zero-order valence-corrected chi connectivity index (χ0v) is 20.6. The quantitative estimate of drug-likeness (QED) is 0.346. The number of nitrogens with one attached hydrogen (secondary N) is 1. The Labute approximate surface area is 203 Å². The number of fused-ring (bicyclic) bond motifs is 1. The fraction of sp³-hybridized carbons (Fsp3) is 0.565. The summed E-state index contributed by atoms with van der Waals surface area (Å²) in [6, 6.07) is 6.87. The summed E-state index contributed by atoms with van der Waals surface area (Å²) >= 11 is 0. The molecule has 0 bridgehead atoms. The minimum Gasteiger partial charge on any atom is -0.352 e. The number of aromatic amines is 1. The highest BCUT2D eigenvalue weighted by atomic mass is 31.2. The molecule has 0 saturated carbocycles. The third kappa shape index (κ3) is 4.83. The maximum Gasteiger partial charge on any atom is 0.330 e. The third-order valence-corrected chi connectivity index (χ3v) is 8.80. The number of nitro groups is 1. The van der Waals surface area contributed by atoms with Crippen LogP contribution in [-0.2, 0) is 20.2 Å². The van der Waals surface area contributed by atoms with Crippen LogP contribution in [0.3, 0.4) is 0 Å². The van der Waals surface area contributed by atoms with Crippen LogP contribution in [0.25, 0.3) is 0 Å². The third-order valence-electron chi connectivity index (χ3n) is 6.98. The van der Waals surface area contributed by atoms with Gasteiger partial charge in [-0.1, -0.05) is 19.1 Å². The van der Waals surface area contributed by atoms with Crippen molar-refractivity contribution in [2.45, 2.75) is 76.5 Å². The smallest absolute Gasteiger partial charge is 0.330 e. The van der Waals surface area contributed by atoms with E-state index in [1.54, 1.807) is 19.1 Å². The van der Waals surface area contributed by atoms with E-state index < -0.39 is 30.9 Å². The predicted octanol–water partition coefficient (Wildman–Crippen LogP) is 3.17. The second-order valence-electron chi connectivity index (χ2n) is 9.28. The summed E-state index contributed by atoms with van der Waals surface area (Å²) in [6.07, 6.45) is 4.49.